The molecule has 0 radical (unpaired) electrons. The average Bonchev–Trinajstić information content (AvgIpc) is 2.47. The van der Waals surface area contributed by atoms with Crippen molar-refractivity contribution in [3.05, 3.63) is 0 Å². The second kappa shape index (κ2) is 7.88. The average molecular weight is 268 g/mol. The maximum atomic E-state index is 12.0. The van der Waals surface area contributed by atoms with Gasteiger partial charge >= 0.3 is 0 Å². The van der Waals surface area contributed by atoms with E-state index in [4.69, 9.17) is 0 Å². The van der Waals surface area contributed by atoms with Crippen molar-refractivity contribution in [1.29, 1.82) is 0 Å². The number of carbonyl (C=O) groups excluding carboxylic acids is 1. The second-order valence-electron chi connectivity index (χ2n) is 6.75. The molecular formula is C16H32N2O. The fourth-order valence-corrected chi connectivity index (χ4v) is 2.73. The van der Waals surface area contributed by atoms with Gasteiger partial charge < -0.3 is 10.2 Å². The molecule has 0 aromatic heterocycles. The molecule has 0 aromatic carbocycles. The van der Waals surface area contributed by atoms with Gasteiger partial charge in [0.25, 0.3) is 0 Å². The van der Waals surface area contributed by atoms with Gasteiger partial charge in [0.2, 0.25) is 5.91 Å². The first kappa shape index (κ1) is 16.5. The summed E-state index contributed by atoms with van der Waals surface area (Å²) in [5.41, 5.74) is 0.337. The van der Waals surface area contributed by atoms with E-state index >= 15 is 0 Å². The Morgan fingerprint density at radius 2 is 2.05 bits per heavy atom. The molecule has 1 heterocycles. The Labute approximate surface area is 119 Å². The van der Waals surface area contributed by atoms with Crippen LogP contribution in [0, 0.1) is 5.41 Å². The lowest BCUT2D eigenvalue weighted by Gasteiger charge is -2.23. The summed E-state index contributed by atoms with van der Waals surface area (Å²) in [5, 5.41) is 3.43. The minimum absolute atomic E-state index is 0.337. The van der Waals surface area contributed by atoms with Gasteiger partial charge in [-0.2, -0.15) is 0 Å². The van der Waals surface area contributed by atoms with E-state index in [0.717, 1.165) is 45.3 Å². The van der Waals surface area contributed by atoms with Crippen LogP contribution in [0.15, 0.2) is 0 Å². The quantitative estimate of drug-likeness (QED) is 0.719. The third-order valence-corrected chi connectivity index (χ3v) is 4.29. The number of nitrogens with one attached hydrogen (secondary N) is 1. The van der Waals surface area contributed by atoms with Gasteiger partial charge in [-0.1, -0.05) is 27.2 Å². The Bertz CT molecular complexity index is 276. The van der Waals surface area contributed by atoms with Crippen molar-refractivity contribution < 1.29 is 4.79 Å². The summed E-state index contributed by atoms with van der Waals surface area (Å²) in [5.74, 6) is 0.366. The molecule has 0 saturated carbocycles. The fourth-order valence-electron chi connectivity index (χ4n) is 2.73. The SMILES string of the molecule is CCNC(C)CCCCN1CCC(C)(C)CCC1=O. The van der Waals surface area contributed by atoms with Crippen LogP contribution in [0.2, 0.25) is 0 Å². The molecule has 0 aromatic rings. The molecule has 1 fully saturated rings. The molecule has 0 aliphatic carbocycles. The summed E-state index contributed by atoms with van der Waals surface area (Å²) < 4.78 is 0. The number of likely N-dealkylation sites (tertiary alicyclic amines) is 1. The lowest BCUT2D eigenvalue weighted by atomic mass is 9.85. The molecule has 1 unspecified atom stereocenters. The van der Waals surface area contributed by atoms with Crippen LogP contribution in [-0.2, 0) is 4.79 Å². The smallest absolute Gasteiger partial charge is 0.222 e. The molecule has 0 bridgehead atoms. The molecule has 1 aliphatic rings. The summed E-state index contributed by atoms with van der Waals surface area (Å²) in [7, 11) is 0. The molecule has 1 saturated heterocycles. The van der Waals surface area contributed by atoms with Gasteiger partial charge in [0, 0.05) is 25.6 Å². The van der Waals surface area contributed by atoms with Crippen LogP contribution in [0.4, 0.5) is 0 Å². The zero-order chi connectivity index (χ0) is 14.3. The van der Waals surface area contributed by atoms with Crippen molar-refractivity contribution in [2.75, 3.05) is 19.6 Å². The van der Waals surface area contributed by atoms with E-state index in [0.29, 0.717) is 17.4 Å². The predicted octanol–water partition coefficient (Wildman–Crippen LogP) is 3.19. The highest BCUT2D eigenvalue weighted by molar-refractivity contribution is 5.76. The number of unbranched alkanes of at least 4 members (excludes halogenated alkanes) is 1. The van der Waals surface area contributed by atoms with Crippen molar-refractivity contribution in [1.82, 2.24) is 10.2 Å². The summed E-state index contributed by atoms with van der Waals surface area (Å²) in [6.07, 6.45) is 6.48. The zero-order valence-corrected chi connectivity index (χ0v) is 13.3. The van der Waals surface area contributed by atoms with Gasteiger partial charge in [-0.15, -0.1) is 0 Å². The van der Waals surface area contributed by atoms with E-state index in [1.165, 1.54) is 12.8 Å². The maximum Gasteiger partial charge on any atom is 0.222 e. The van der Waals surface area contributed by atoms with Crippen LogP contribution >= 0.6 is 0 Å². The minimum Gasteiger partial charge on any atom is -0.343 e. The highest BCUT2D eigenvalue weighted by Crippen LogP contribution is 2.30. The first-order valence-corrected chi connectivity index (χ1v) is 7.96. The number of carbonyl (C=O) groups is 1. The fraction of sp³-hybridized carbons (Fsp3) is 0.938. The molecule has 0 spiro atoms. The minimum atomic E-state index is 0.337. The predicted molar refractivity (Wildman–Crippen MR) is 81.2 cm³/mol. The molecule has 1 N–H and O–H groups in total. The van der Waals surface area contributed by atoms with Gasteiger partial charge in [0.05, 0.1) is 0 Å². The summed E-state index contributed by atoms with van der Waals surface area (Å²) >= 11 is 0. The third-order valence-electron chi connectivity index (χ3n) is 4.29. The monoisotopic (exact) mass is 268 g/mol. The van der Waals surface area contributed by atoms with E-state index in [2.05, 4.69) is 37.9 Å². The van der Waals surface area contributed by atoms with E-state index in [1.54, 1.807) is 0 Å². The highest BCUT2D eigenvalue weighted by Gasteiger charge is 2.26. The summed E-state index contributed by atoms with van der Waals surface area (Å²) in [6.45, 7) is 11.9. The van der Waals surface area contributed by atoms with E-state index < -0.39 is 0 Å². The topological polar surface area (TPSA) is 32.3 Å². The molecule has 1 atom stereocenters. The van der Waals surface area contributed by atoms with Crippen molar-refractivity contribution in [2.45, 2.75) is 72.3 Å². The van der Waals surface area contributed by atoms with Crippen LogP contribution < -0.4 is 5.32 Å². The van der Waals surface area contributed by atoms with Gasteiger partial charge in [-0.3, -0.25) is 4.79 Å². The molecule has 1 amide bonds. The molecule has 19 heavy (non-hydrogen) atoms. The Morgan fingerprint density at radius 1 is 1.32 bits per heavy atom. The molecule has 3 heteroatoms. The van der Waals surface area contributed by atoms with Crippen molar-refractivity contribution in [3.63, 3.8) is 0 Å². The normalized spacial score (nSPS) is 21.3. The largest absolute Gasteiger partial charge is 0.343 e. The molecule has 112 valence electrons. The summed E-state index contributed by atoms with van der Waals surface area (Å²) in [6, 6.07) is 0.601. The maximum absolute atomic E-state index is 12.0. The van der Waals surface area contributed by atoms with Crippen molar-refractivity contribution in [3.8, 4) is 0 Å². The number of hydrogen-bond donors (Lipinski definition) is 1. The lowest BCUT2D eigenvalue weighted by molar-refractivity contribution is -0.130. The summed E-state index contributed by atoms with van der Waals surface area (Å²) in [4.78, 5) is 14.1. The van der Waals surface area contributed by atoms with E-state index in [1.807, 2.05) is 0 Å². The number of hydrogen-bond acceptors (Lipinski definition) is 2. The second-order valence-corrected chi connectivity index (χ2v) is 6.75. The highest BCUT2D eigenvalue weighted by atomic mass is 16.2. The van der Waals surface area contributed by atoms with Gasteiger partial charge in [-0.25, -0.2) is 0 Å². The van der Waals surface area contributed by atoms with Gasteiger partial charge in [0.15, 0.2) is 0 Å². The lowest BCUT2D eigenvalue weighted by Crippen LogP contribution is -2.32. The number of nitrogens with zero attached hydrogens (tertiary/aromatic N) is 1. The number of amides is 1. The zero-order valence-electron chi connectivity index (χ0n) is 13.3. The van der Waals surface area contributed by atoms with Crippen LogP contribution in [0.25, 0.3) is 0 Å². The Balaban J connectivity index is 2.23. The van der Waals surface area contributed by atoms with Gasteiger partial charge in [-0.05, 0) is 44.6 Å². The van der Waals surface area contributed by atoms with Gasteiger partial charge in [0.1, 0.15) is 0 Å². The van der Waals surface area contributed by atoms with E-state index in [9.17, 15) is 4.79 Å². The van der Waals surface area contributed by atoms with Crippen LogP contribution in [0.3, 0.4) is 0 Å². The Kier molecular flexibility index (Phi) is 6.84. The molecule has 1 aliphatic heterocycles. The van der Waals surface area contributed by atoms with Crippen LogP contribution in [0.1, 0.15) is 66.2 Å². The first-order valence-electron chi connectivity index (χ1n) is 7.96. The molecule has 1 rings (SSSR count). The van der Waals surface area contributed by atoms with Crippen molar-refractivity contribution >= 4 is 5.91 Å². The molecule has 3 nitrogen and oxygen atoms in total. The number of rotatable bonds is 7. The van der Waals surface area contributed by atoms with E-state index in [-0.39, 0.29) is 0 Å². The Hall–Kier alpha value is -0.570. The van der Waals surface area contributed by atoms with Crippen molar-refractivity contribution in [2.24, 2.45) is 5.41 Å². The molecular weight excluding hydrogens is 236 g/mol. The third kappa shape index (κ3) is 6.42. The van der Waals surface area contributed by atoms with Crippen LogP contribution in [0.5, 0.6) is 0 Å². The first-order chi connectivity index (χ1) is 8.94. The standard InChI is InChI=1S/C16H32N2O/c1-5-17-14(2)8-6-7-12-18-13-11-16(3,4)10-9-15(18)19/h14,17H,5-13H2,1-4H3. The van der Waals surface area contributed by atoms with Crippen LogP contribution in [-0.4, -0.2) is 36.5 Å². The Morgan fingerprint density at radius 3 is 2.74 bits per heavy atom.